The third kappa shape index (κ3) is 4.04. The molecule has 0 radical (unpaired) electrons. The molecule has 3 rings (SSSR count). The average molecular weight is 307 g/mol. The van der Waals surface area contributed by atoms with Crippen molar-refractivity contribution in [1.82, 2.24) is 24.6 Å². The van der Waals surface area contributed by atoms with Crippen LogP contribution in [0.15, 0.2) is 12.7 Å². The fourth-order valence-electron chi connectivity index (χ4n) is 3.37. The summed E-state index contributed by atoms with van der Waals surface area (Å²) in [6.07, 6.45) is 5.83. The summed E-state index contributed by atoms with van der Waals surface area (Å²) in [5.41, 5.74) is 0. The summed E-state index contributed by atoms with van der Waals surface area (Å²) in [5, 5.41) is 4.18. The summed E-state index contributed by atoms with van der Waals surface area (Å²) in [6, 6.07) is 0. The van der Waals surface area contributed by atoms with Gasteiger partial charge in [-0.3, -0.25) is 14.4 Å². The Morgan fingerprint density at radius 2 is 2.27 bits per heavy atom. The zero-order valence-corrected chi connectivity index (χ0v) is 13.2. The van der Waals surface area contributed by atoms with Crippen molar-refractivity contribution < 1.29 is 9.53 Å². The minimum Gasteiger partial charge on any atom is -0.375 e. The summed E-state index contributed by atoms with van der Waals surface area (Å²) >= 11 is 0. The number of piperidine rings is 1. The van der Waals surface area contributed by atoms with Crippen molar-refractivity contribution in [2.75, 3.05) is 39.3 Å². The smallest absolute Gasteiger partial charge is 0.236 e. The summed E-state index contributed by atoms with van der Waals surface area (Å²) < 4.78 is 7.39. The van der Waals surface area contributed by atoms with Gasteiger partial charge in [-0.1, -0.05) is 0 Å². The van der Waals surface area contributed by atoms with Crippen LogP contribution >= 0.6 is 0 Å². The number of carbonyl (C=O) groups excluding carboxylic acids is 1. The highest BCUT2D eigenvalue weighted by Gasteiger charge is 2.26. The van der Waals surface area contributed by atoms with Crippen LogP contribution in [-0.2, 0) is 16.1 Å². The lowest BCUT2D eigenvalue weighted by molar-refractivity contribution is -0.139. The van der Waals surface area contributed by atoms with E-state index in [1.54, 1.807) is 12.7 Å². The first kappa shape index (κ1) is 15.4. The van der Waals surface area contributed by atoms with Gasteiger partial charge in [-0.15, -0.1) is 0 Å². The normalized spacial score (nSPS) is 27.0. The quantitative estimate of drug-likeness (QED) is 0.797. The average Bonchev–Trinajstić information content (AvgIpc) is 3.00. The van der Waals surface area contributed by atoms with E-state index in [1.165, 1.54) is 6.42 Å². The number of morpholine rings is 1. The molecule has 2 fully saturated rings. The van der Waals surface area contributed by atoms with Gasteiger partial charge in [0.05, 0.1) is 19.3 Å². The summed E-state index contributed by atoms with van der Waals surface area (Å²) in [6.45, 7) is 7.51. The summed E-state index contributed by atoms with van der Waals surface area (Å²) in [7, 11) is 0. The molecule has 1 aromatic heterocycles. The topological polar surface area (TPSA) is 63.5 Å². The molecule has 22 heavy (non-hydrogen) atoms. The lowest BCUT2D eigenvalue weighted by atomic mass is 9.98. The van der Waals surface area contributed by atoms with E-state index in [0.717, 1.165) is 39.1 Å². The predicted molar refractivity (Wildman–Crippen MR) is 81.2 cm³/mol. The van der Waals surface area contributed by atoms with E-state index >= 15 is 0 Å². The Labute approximate surface area is 131 Å². The van der Waals surface area contributed by atoms with Crippen LogP contribution in [0, 0.1) is 5.92 Å². The molecule has 0 spiro atoms. The molecular formula is C15H25N5O2. The second-order valence-electron chi connectivity index (χ2n) is 6.38. The highest BCUT2D eigenvalue weighted by molar-refractivity contribution is 5.78. The largest absolute Gasteiger partial charge is 0.375 e. The number of carbonyl (C=O) groups is 1. The van der Waals surface area contributed by atoms with Crippen LogP contribution in [0.1, 0.15) is 19.8 Å². The number of rotatable bonds is 4. The number of likely N-dealkylation sites (tertiary alicyclic amines) is 1. The van der Waals surface area contributed by atoms with Gasteiger partial charge in [-0.05, 0) is 32.2 Å². The maximum Gasteiger partial charge on any atom is 0.236 e. The third-order valence-electron chi connectivity index (χ3n) is 4.47. The van der Waals surface area contributed by atoms with E-state index < -0.39 is 0 Å². The molecule has 7 nitrogen and oxygen atoms in total. The second-order valence-corrected chi connectivity index (χ2v) is 6.38. The highest BCUT2D eigenvalue weighted by atomic mass is 16.5. The molecule has 0 saturated carbocycles. The van der Waals surface area contributed by atoms with E-state index in [-0.39, 0.29) is 12.0 Å². The highest BCUT2D eigenvalue weighted by Crippen LogP contribution is 2.18. The van der Waals surface area contributed by atoms with Crippen molar-refractivity contribution in [2.24, 2.45) is 5.92 Å². The number of hydrogen-bond acceptors (Lipinski definition) is 5. The Morgan fingerprint density at radius 1 is 1.36 bits per heavy atom. The number of nitrogens with zero attached hydrogens (tertiary/aromatic N) is 5. The van der Waals surface area contributed by atoms with E-state index in [9.17, 15) is 4.79 Å². The summed E-state index contributed by atoms with van der Waals surface area (Å²) in [5.74, 6) is 0.781. The Hall–Kier alpha value is -1.47. The van der Waals surface area contributed by atoms with Gasteiger partial charge in [0.15, 0.2) is 0 Å². The molecule has 0 aromatic carbocycles. The molecule has 2 atom stereocenters. The molecule has 1 aromatic rings. The molecule has 0 unspecified atom stereocenters. The fraction of sp³-hybridized carbons (Fsp3) is 0.800. The van der Waals surface area contributed by atoms with E-state index in [2.05, 4.69) is 15.0 Å². The number of hydrogen-bond donors (Lipinski definition) is 0. The minimum atomic E-state index is 0.152. The van der Waals surface area contributed by atoms with E-state index in [1.807, 2.05) is 16.5 Å². The van der Waals surface area contributed by atoms with Crippen molar-refractivity contribution in [3.63, 3.8) is 0 Å². The first-order valence-electron chi connectivity index (χ1n) is 8.15. The molecule has 0 N–H and O–H groups in total. The van der Waals surface area contributed by atoms with Gasteiger partial charge in [-0.25, -0.2) is 4.98 Å². The van der Waals surface area contributed by atoms with Gasteiger partial charge >= 0.3 is 0 Å². The SMILES string of the molecule is C[C@H]1CN(C(=O)CN2CCC[C@@H](Cn3cncn3)C2)CCO1. The Balaban J connectivity index is 1.48. The van der Waals surface area contributed by atoms with E-state index in [0.29, 0.717) is 19.1 Å². The van der Waals surface area contributed by atoms with Gasteiger partial charge < -0.3 is 9.64 Å². The van der Waals surface area contributed by atoms with Crippen molar-refractivity contribution in [2.45, 2.75) is 32.4 Å². The molecule has 0 aliphatic carbocycles. The molecule has 0 bridgehead atoms. The predicted octanol–water partition coefficient (Wildman–Crippen LogP) is 0.237. The molecule has 2 aliphatic rings. The number of amides is 1. The first-order chi connectivity index (χ1) is 10.7. The Morgan fingerprint density at radius 3 is 3.05 bits per heavy atom. The van der Waals surface area contributed by atoms with Gasteiger partial charge in [0, 0.05) is 26.2 Å². The van der Waals surface area contributed by atoms with Crippen molar-refractivity contribution in [3.8, 4) is 0 Å². The molecule has 3 heterocycles. The zero-order chi connectivity index (χ0) is 15.4. The molecule has 2 aliphatic heterocycles. The first-order valence-corrected chi connectivity index (χ1v) is 8.15. The van der Waals surface area contributed by atoms with Crippen LogP contribution in [0.2, 0.25) is 0 Å². The van der Waals surface area contributed by atoms with Gasteiger partial charge in [-0.2, -0.15) is 5.10 Å². The van der Waals surface area contributed by atoms with Crippen LogP contribution < -0.4 is 0 Å². The van der Waals surface area contributed by atoms with Crippen LogP contribution in [-0.4, -0.2) is 75.9 Å². The number of aromatic nitrogens is 3. The fourth-order valence-corrected chi connectivity index (χ4v) is 3.37. The van der Waals surface area contributed by atoms with Crippen molar-refractivity contribution in [3.05, 3.63) is 12.7 Å². The second kappa shape index (κ2) is 7.19. The van der Waals surface area contributed by atoms with Crippen molar-refractivity contribution >= 4 is 5.91 Å². The molecule has 2 saturated heterocycles. The molecular weight excluding hydrogens is 282 g/mol. The maximum atomic E-state index is 12.4. The van der Waals surface area contributed by atoms with E-state index in [4.69, 9.17) is 4.74 Å². The monoisotopic (exact) mass is 307 g/mol. The number of ether oxygens (including phenoxy) is 1. The molecule has 122 valence electrons. The van der Waals surface area contributed by atoms with Crippen LogP contribution in [0.3, 0.4) is 0 Å². The van der Waals surface area contributed by atoms with Crippen LogP contribution in [0.5, 0.6) is 0 Å². The lowest BCUT2D eigenvalue weighted by Crippen LogP contribution is -2.49. The van der Waals surface area contributed by atoms with Crippen LogP contribution in [0.25, 0.3) is 0 Å². The van der Waals surface area contributed by atoms with Gasteiger partial charge in [0.25, 0.3) is 0 Å². The molecule has 7 heteroatoms. The molecule has 1 amide bonds. The standard InChI is InChI=1S/C15H25N5O2/c1-13-7-19(5-6-22-13)15(21)10-18-4-2-3-14(8-18)9-20-12-16-11-17-20/h11-14H,2-10H2,1H3/t13-,14+/m0/s1. The van der Waals surface area contributed by atoms with Gasteiger partial charge in [0.1, 0.15) is 12.7 Å². The maximum absolute atomic E-state index is 12.4. The zero-order valence-electron chi connectivity index (χ0n) is 13.2. The minimum absolute atomic E-state index is 0.152. The third-order valence-corrected chi connectivity index (χ3v) is 4.47. The summed E-state index contributed by atoms with van der Waals surface area (Å²) in [4.78, 5) is 20.7. The Bertz CT molecular complexity index is 478. The van der Waals surface area contributed by atoms with Crippen LogP contribution in [0.4, 0.5) is 0 Å². The Kier molecular flexibility index (Phi) is 5.04. The van der Waals surface area contributed by atoms with Gasteiger partial charge in [0.2, 0.25) is 5.91 Å². The lowest BCUT2D eigenvalue weighted by Gasteiger charge is -2.36. The van der Waals surface area contributed by atoms with Crippen molar-refractivity contribution in [1.29, 1.82) is 0 Å².